The fraction of sp³-hybridized carbons (Fsp3) is 0.429. The van der Waals surface area contributed by atoms with Crippen LogP contribution < -0.4 is 4.74 Å². The predicted octanol–water partition coefficient (Wildman–Crippen LogP) is 1.31. The third-order valence-corrected chi connectivity index (χ3v) is 3.33. The van der Waals surface area contributed by atoms with Gasteiger partial charge in [0.15, 0.2) is 17.7 Å². The van der Waals surface area contributed by atoms with Gasteiger partial charge in [0, 0.05) is 25.6 Å². The van der Waals surface area contributed by atoms with Crippen LogP contribution in [-0.2, 0) is 16.0 Å². The van der Waals surface area contributed by atoms with Gasteiger partial charge in [0.05, 0.1) is 5.92 Å². The SMILES string of the molecule is C[C@H](CN(C)C(=O)[C@H]1Cc2cccc(F)c2O1)C(=O)O. The van der Waals surface area contributed by atoms with E-state index in [1.54, 1.807) is 12.1 Å². The second-order valence-corrected chi connectivity index (χ2v) is 5.00. The van der Waals surface area contributed by atoms with E-state index < -0.39 is 23.8 Å². The van der Waals surface area contributed by atoms with Crippen molar-refractivity contribution in [3.05, 3.63) is 29.6 Å². The number of amides is 1. The summed E-state index contributed by atoms with van der Waals surface area (Å²) >= 11 is 0. The lowest BCUT2D eigenvalue weighted by atomic mass is 10.1. The maximum Gasteiger partial charge on any atom is 0.308 e. The first-order valence-electron chi connectivity index (χ1n) is 6.32. The molecule has 0 aromatic heterocycles. The Hall–Kier alpha value is -2.11. The van der Waals surface area contributed by atoms with E-state index in [9.17, 15) is 14.0 Å². The average molecular weight is 281 g/mol. The monoisotopic (exact) mass is 281 g/mol. The summed E-state index contributed by atoms with van der Waals surface area (Å²) in [6.07, 6.45) is -0.481. The Morgan fingerprint density at radius 1 is 1.55 bits per heavy atom. The summed E-state index contributed by atoms with van der Waals surface area (Å²) in [5.74, 6) is -2.34. The van der Waals surface area contributed by atoms with Crippen LogP contribution in [0.5, 0.6) is 5.75 Å². The lowest BCUT2D eigenvalue weighted by Gasteiger charge is -2.22. The van der Waals surface area contributed by atoms with E-state index in [1.807, 2.05) is 0 Å². The van der Waals surface area contributed by atoms with Crippen molar-refractivity contribution in [2.75, 3.05) is 13.6 Å². The van der Waals surface area contributed by atoms with Crippen molar-refractivity contribution in [1.29, 1.82) is 0 Å². The van der Waals surface area contributed by atoms with Crippen LogP contribution in [-0.4, -0.2) is 41.6 Å². The van der Waals surface area contributed by atoms with Gasteiger partial charge in [-0.05, 0) is 6.07 Å². The van der Waals surface area contributed by atoms with E-state index in [-0.39, 0.29) is 18.2 Å². The van der Waals surface area contributed by atoms with Crippen LogP contribution in [0, 0.1) is 11.7 Å². The minimum Gasteiger partial charge on any atom is -0.481 e. The van der Waals surface area contributed by atoms with E-state index in [1.165, 1.54) is 24.9 Å². The molecular weight excluding hydrogens is 265 g/mol. The van der Waals surface area contributed by atoms with Crippen molar-refractivity contribution in [2.45, 2.75) is 19.4 Å². The number of halogens is 1. The van der Waals surface area contributed by atoms with E-state index >= 15 is 0 Å². The third kappa shape index (κ3) is 2.74. The molecule has 1 aromatic rings. The van der Waals surface area contributed by atoms with Gasteiger partial charge in [-0.25, -0.2) is 4.39 Å². The molecule has 0 unspecified atom stereocenters. The van der Waals surface area contributed by atoms with Gasteiger partial charge in [-0.2, -0.15) is 0 Å². The largest absolute Gasteiger partial charge is 0.481 e. The number of para-hydroxylation sites is 1. The highest BCUT2D eigenvalue weighted by Gasteiger charge is 2.33. The summed E-state index contributed by atoms with van der Waals surface area (Å²) in [6.45, 7) is 1.61. The molecule has 5 nitrogen and oxygen atoms in total. The molecule has 1 heterocycles. The summed E-state index contributed by atoms with van der Waals surface area (Å²) in [5.41, 5.74) is 0.656. The van der Waals surface area contributed by atoms with Crippen LogP contribution in [0.2, 0.25) is 0 Å². The molecule has 0 radical (unpaired) electrons. The number of hydrogen-bond donors (Lipinski definition) is 1. The highest BCUT2D eigenvalue weighted by atomic mass is 19.1. The average Bonchev–Trinajstić information content (AvgIpc) is 2.83. The number of aliphatic carboxylic acids is 1. The minimum absolute atomic E-state index is 0.0901. The molecule has 0 bridgehead atoms. The van der Waals surface area contributed by atoms with Gasteiger partial charge in [-0.15, -0.1) is 0 Å². The van der Waals surface area contributed by atoms with E-state index in [4.69, 9.17) is 9.84 Å². The number of fused-ring (bicyclic) bond motifs is 1. The molecule has 108 valence electrons. The molecule has 2 atom stereocenters. The third-order valence-electron chi connectivity index (χ3n) is 3.33. The number of carboxylic acids is 1. The molecule has 1 aromatic carbocycles. The molecule has 1 N–H and O–H groups in total. The predicted molar refractivity (Wildman–Crippen MR) is 69.0 cm³/mol. The molecule has 0 aliphatic carbocycles. The lowest BCUT2D eigenvalue weighted by molar-refractivity contribution is -0.144. The number of likely N-dealkylation sites (N-methyl/N-ethyl adjacent to an activating group) is 1. The fourth-order valence-corrected chi connectivity index (χ4v) is 2.19. The quantitative estimate of drug-likeness (QED) is 0.903. The van der Waals surface area contributed by atoms with Gasteiger partial charge in [-0.3, -0.25) is 9.59 Å². The van der Waals surface area contributed by atoms with Crippen molar-refractivity contribution in [1.82, 2.24) is 4.90 Å². The fourth-order valence-electron chi connectivity index (χ4n) is 2.19. The van der Waals surface area contributed by atoms with Gasteiger partial charge < -0.3 is 14.7 Å². The van der Waals surface area contributed by atoms with Crippen molar-refractivity contribution in [3.63, 3.8) is 0 Å². The Morgan fingerprint density at radius 3 is 2.85 bits per heavy atom. The zero-order valence-electron chi connectivity index (χ0n) is 11.3. The Bertz CT molecular complexity index is 546. The Kier molecular flexibility index (Phi) is 3.92. The van der Waals surface area contributed by atoms with Crippen molar-refractivity contribution in [3.8, 4) is 5.75 Å². The van der Waals surface area contributed by atoms with Gasteiger partial charge in [-0.1, -0.05) is 19.1 Å². The Morgan fingerprint density at radius 2 is 2.25 bits per heavy atom. The molecule has 2 rings (SSSR count). The van der Waals surface area contributed by atoms with Crippen LogP contribution in [0.4, 0.5) is 4.39 Å². The smallest absolute Gasteiger partial charge is 0.308 e. The number of hydrogen-bond acceptors (Lipinski definition) is 3. The van der Waals surface area contributed by atoms with Crippen LogP contribution in [0.3, 0.4) is 0 Å². The number of carbonyl (C=O) groups excluding carboxylic acids is 1. The molecule has 20 heavy (non-hydrogen) atoms. The summed E-state index contributed by atoms with van der Waals surface area (Å²) in [4.78, 5) is 24.3. The van der Waals surface area contributed by atoms with Gasteiger partial charge in [0.25, 0.3) is 5.91 Å². The maximum atomic E-state index is 13.5. The summed E-state index contributed by atoms with van der Waals surface area (Å²) in [7, 11) is 1.52. The Balaban J connectivity index is 2.02. The standard InChI is InChI=1S/C14H16FNO4/c1-8(14(18)19)7-16(2)13(17)11-6-9-4-3-5-10(15)12(9)20-11/h3-5,8,11H,6-7H2,1-2H3,(H,18,19)/t8-,11-/m1/s1. The zero-order valence-corrected chi connectivity index (χ0v) is 11.3. The number of benzene rings is 1. The van der Waals surface area contributed by atoms with E-state index in [2.05, 4.69) is 0 Å². The molecule has 0 spiro atoms. The molecular formula is C14H16FNO4. The van der Waals surface area contributed by atoms with Crippen molar-refractivity contribution < 1.29 is 23.8 Å². The van der Waals surface area contributed by atoms with Crippen LogP contribution in [0.25, 0.3) is 0 Å². The molecule has 6 heteroatoms. The van der Waals surface area contributed by atoms with E-state index in [0.29, 0.717) is 12.0 Å². The molecule has 0 saturated carbocycles. The van der Waals surface area contributed by atoms with E-state index in [0.717, 1.165) is 0 Å². The second kappa shape index (κ2) is 5.48. The summed E-state index contributed by atoms with van der Waals surface area (Å²) < 4.78 is 18.9. The second-order valence-electron chi connectivity index (χ2n) is 5.00. The molecule has 1 amide bonds. The number of carbonyl (C=O) groups is 2. The van der Waals surface area contributed by atoms with Gasteiger partial charge in [0.2, 0.25) is 0 Å². The number of ether oxygens (including phenoxy) is 1. The van der Waals surface area contributed by atoms with Crippen LogP contribution >= 0.6 is 0 Å². The Labute approximate surface area is 116 Å². The highest BCUT2D eigenvalue weighted by Crippen LogP contribution is 2.31. The lowest BCUT2D eigenvalue weighted by Crippen LogP contribution is -2.42. The first kappa shape index (κ1) is 14.3. The molecule has 0 saturated heterocycles. The number of rotatable bonds is 4. The molecule has 0 fully saturated rings. The molecule has 1 aliphatic rings. The van der Waals surface area contributed by atoms with Crippen LogP contribution in [0.15, 0.2) is 18.2 Å². The normalized spacial score (nSPS) is 18.1. The first-order valence-corrected chi connectivity index (χ1v) is 6.32. The zero-order chi connectivity index (χ0) is 14.9. The maximum absolute atomic E-state index is 13.5. The van der Waals surface area contributed by atoms with Crippen LogP contribution in [0.1, 0.15) is 12.5 Å². The highest BCUT2D eigenvalue weighted by molar-refractivity contribution is 5.83. The summed E-state index contributed by atoms with van der Waals surface area (Å²) in [5, 5.41) is 8.84. The number of carboxylic acid groups (broad SMARTS) is 1. The van der Waals surface area contributed by atoms with Gasteiger partial charge >= 0.3 is 5.97 Å². The van der Waals surface area contributed by atoms with Gasteiger partial charge in [0.1, 0.15) is 0 Å². The number of nitrogens with zero attached hydrogens (tertiary/aromatic N) is 1. The van der Waals surface area contributed by atoms with Crippen molar-refractivity contribution >= 4 is 11.9 Å². The first-order chi connectivity index (χ1) is 9.40. The topological polar surface area (TPSA) is 66.8 Å². The summed E-state index contributed by atoms with van der Waals surface area (Å²) in [6, 6.07) is 4.56. The van der Waals surface area contributed by atoms with Crippen molar-refractivity contribution in [2.24, 2.45) is 5.92 Å². The molecule has 1 aliphatic heterocycles. The minimum atomic E-state index is -0.966.